The Morgan fingerprint density at radius 2 is 1.94 bits per heavy atom. The van der Waals surface area contributed by atoms with Gasteiger partial charge >= 0.3 is 19.4 Å². The number of para-hydroxylation sites is 1. The zero-order valence-corrected chi connectivity index (χ0v) is 21.8. The van der Waals surface area contributed by atoms with E-state index in [0.717, 1.165) is 10.6 Å². The van der Waals surface area contributed by atoms with Crippen LogP contribution in [0.3, 0.4) is 0 Å². The fourth-order valence-electron chi connectivity index (χ4n) is 3.47. The topological polar surface area (TPSA) is 158 Å². The number of ether oxygens (including phenoxy) is 2. The van der Waals surface area contributed by atoms with Crippen molar-refractivity contribution in [2.75, 3.05) is 6.61 Å². The molecule has 36 heavy (non-hydrogen) atoms. The number of aromatic amines is 1. The number of hydrogen-bond donors (Lipinski definition) is 3. The maximum Gasteiger partial charge on any atom is 0.459 e. The number of carbonyl (C=O) groups excluding carboxylic acids is 1. The molecule has 1 aromatic heterocycles. The smallest absolute Gasteiger partial charge is 0.459 e. The van der Waals surface area contributed by atoms with Crippen LogP contribution in [0.15, 0.2) is 52.2 Å². The van der Waals surface area contributed by atoms with Crippen molar-refractivity contribution in [3.63, 3.8) is 0 Å². The first-order valence-corrected chi connectivity index (χ1v) is 13.1. The third-order valence-electron chi connectivity index (χ3n) is 5.26. The highest BCUT2D eigenvalue weighted by molar-refractivity contribution is 7.52. The maximum absolute atomic E-state index is 13.6. The molecule has 1 fully saturated rings. The molecule has 14 heteroatoms. The molecule has 2 heterocycles. The fraction of sp³-hybridized carbons (Fsp3) is 0.500. The molecule has 6 atom stereocenters. The van der Waals surface area contributed by atoms with Gasteiger partial charge in [-0.25, -0.2) is 9.36 Å². The van der Waals surface area contributed by atoms with Gasteiger partial charge in [0.1, 0.15) is 28.9 Å². The lowest BCUT2D eigenvalue weighted by Crippen LogP contribution is -2.43. The molecule has 1 saturated heterocycles. The number of nitrogens with zero attached hydrogens (tertiary/aromatic N) is 1. The first-order valence-electron chi connectivity index (χ1n) is 11.1. The number of H-pyrrole nitrogens is 1. The van der Waals surface area contributed by atoms with Gasteiger partial charge in [0.2, 0.25) is 0 Å². The third kappa shape index (κ3) is 6.64. The number of rotatable bonds is 10. The van der Waals surface area contributed by atoms with E-state index in [9.17, 15) is 24.1 Å². The zero-order valence-electron chi connectivity index (χ0n) is 20.1. The van der Waals surface area contributed by atoms with Crippen LogP contribution in [0.2, 0.25) is 0 Å². The number of carbonyl (C=O) groups is 1. The Morgan fingerprint density at radius 3 is 2.56 bits per heavy atom. The number of nitrogens with one attached hydrogen (secondary N) is 2. The first-order chi connectivity index (χ1) is 16.8. The second-order valence-corrected chi connectivity index (χ2v) is 11.2. The molecular weight excluding hydrogens is 517 g/mol. The molecule has 3 rings (SSSR count). The molecule has 3 N–H and O–H groups in total. The third-order valence-corrected chi connectivity index (χ3v) is 7.31. The molecule has 0 amide bonds. The predicted octanol–water partition coefficient (Wildman–Crippen LogP) is 1.93. The molecule has 0 aliphatic carbocycles. The van der Waals surface area contributed by atoms with Gasteiger partial charge in [-0.2, -0.15) is 5.09 Å². The molecule has 0 spiro atoms. The van der Waals surface area contributed by atoms with Gasteiger partial charge in [-0.15, -0.1) is 11.6 Å². The standard InChI is InChI=1S/C22H29ClN3O9P/c1-13(2)33-19(29)14(3)25-36(31,35-15-8-6-5-7-9-15)32-12-16-18(28)22(4,23)20(34-16)26-11-10-17(27)24-21(26)30/h5-11,13-14,16,18,20,28H,12H2,1-4H3,(H,25,31)(H,24,27,30)/t14-,16+,18+,20+,22+,36?/m0/s1. The summed E-state index contributed by atoms with van der Waals surface area (Å²) in [4.78, 5) is 36.5. The Morgan fingerprint density at radius 1 is 1.28 bits per heavy atom. The van der Waals surface area contributed by atoms with Crippen LogP contribution >= 0.6 is 19.3 Å². The Labute approximate surface area is 212 Å². The lowest BCUT2D eigenvalue weighted by atomic mass is 10.0. The van der Waals surface area contributed by atoms with E-state index in [0.29, 0.717) is 0 Å². The summed E-state index contributed by atoms with van der Waals surface area (Å²) in [5, 5.41) is 13.3. The maximum atomic E-state index is 13.6. The summed E-state index contributed by atoms with van der Waals surface area (Å²) in [7, 11) is -4.22. The minimum absolute atomic E-state index is 0.200. The molecule has 2 aromatic rings. The number of aliphatic hydroxyl groups excluding tert-OH is 1. The van der Waals surface area contributed by atoms with Crippen molar-refractivity contribution in [3.05, 3.63) is 63.4 Å². The summed E-state index contributed by atoms with van der Waals surface area (Å²) in [6.45, 7) is 5.75. The fourth-order valence-corrected chi connectivity index (χ4v) is 5.27. The number of halogens is 1. The first kappa shape index (κ1) is 28.1. The summed E-state index contributed by atoms with van der Waals surface area (Å²) in [6, 6.07) is 8.18. The quantitative estimate of drug-likeness (QED) is 0.229. The van der Waals surface area contributed by atoms with E-state index >= 15 is 0 Å². The van der Waals surface area contributed by atoms with Crippen LogP contribution < -0.4 is 20.9 Å². The normalized spacial score (nSPS) is 26.4. The van der Waals surface area contributed by atoms with Crippen LogP contribution in [0.5, 0.6) is 5.75 Å². The van der Waals surface area contributed by atoms with Gasteiger partial charge in [-0.1, -0.05) is 18.2 Å². The molecule has 12 nitrogen and oxygen atoms in total. The average Bonchev–Trinajstić information content (AvgIpc) is 3.01. The van der Waals surface area contributed by atoms with Gasteiger partial charge in [0, 0.05) is 12.3 Å². The predicted molar refractivity (Wildman–Crippen MR) is 130 cm³/mol. The van der Waals surface area contributed by atoms with Gasteiger partial charge in [-0.05, 0) is 39.8 Å². The number of hydrogen-bond acceptors (Lipinski definition) is 9. The van der Waals surface area contributed by atoms with Crippen molar-refractivity contribution >= 4 is 25.3 Å². The van der Waals surface area contributed by atoms with Crippen molar-refractivity contribution in [1.82, 2.24) is 14.6 Å². The molecule has 1 aromatic carbocycles. The van der Waals surface area contributed by atoms with E-state index in [-0.39, 0.29) is 5.75 Å². The summed E-state index contributed by atoms with van der Waals surface area (Å²) in [5.41, 5.74) is -1.40. The van der Waals surface area contributed by atoms with Crippen LogP contribution in [-0.2, 0) is 23.4 Å². The average molecular weight is 546 g/mol. The summed E-state index contributed by atoms with van der Waals surface area (Å²) in [6.07, 6.45) is -2.92. The van der Waals surface area contributed by atoms with Gasteiger partial charge < -0.3 is 19.1 Å². The lowest BCUT2D eigenvalue weighted by Gasteiger charge is -2.26. The molecule has 0 radical (unpaired) electrons. The van der Waals surface area contributed by atoms with Crippen molar-refractivity contribution < 1.29 is 33.0 Å². The van der Waals surface area contributed by atoms with Crippen molar-refractivity contribution in [2.45, 2.75) is 63.2 Å². The molecule has 1 aliphatic heterocycles. The highest BCUT2D eigenvalue weighted by Crippen LogP contribution is 2.48. The molecule has 0 bridgehead atoms. The van der Waals surface area contributed by atoms with Gasteiger partial charge in [0.05, 0.1) is 12.7 Å². The second kappa shape index (κ2) is 11.3. The Kier molecular flexibility index (Phi) is 8.81. The number of aliphatic hydroxyl groups is 1. The highest BCUT2D eigenvalue weighted by Gasteiger charge is 2.54. The Hall–Kier alpha value is -2.47. The molecule has 198 valence electrons. The van der Waals surface area contributed by atoms with Gasteiger partial charge in [0.25, 0.3) is 5.56 Å². The van der Waals surface area contributed by atoms with Crippen molar-refractivity contribution in [2.24, 2.45) is 0 Å². The summed E-state index contributed by atoms with van der Waals surface area (Å²) in [5.74, 6) is -0.473. The van der Waals surface area contributed by atoms with Crippen LogP contribution in [0.4, 0.5) is 0 Å². The van der Waals surface area contributed by atoms with Crippen LogP contribution in [0.1, 0.15) is 33.9 Å². The van der Waals surface area contributed by atoms with E-state index in [2.05, 4.69) is 10.1 Å². The van der Waals surface area contributed by atoms with E-state index < -0.39 is 67.0 Å². The van der Waals surface area contributed by atoms with E-state index in [1.807, 2.05) is 0 Å². The SMILES string of the molecule is CC(C)OC(=O)[C@H](C)NP(=O)(OC[C@H]1O[C@@H](n2ccc(=O)[nH]c2=O)[C@](C)(Cl)[C@@H]1O)Oc1ccccc1. The second-order valence-electron chi connectivity index (χ2n) is 8.67. The monoisotopic (exact) mass is 545 g/mol. The Bertz CT molecular complexity index is 1220. The zero-order chi connectivity index (χ0) is 26.7. The molecule has 1 aliphatic rings. The van der Waals surface area contributed by atoms with E-state index in [1.54, 1.807) is 44.2 Å². The largest absolute Gasteiger partial charge is 0.462 e. The number of alkyl halides is 1. The number of esters is 1. The molecule has 0 saturated carbocycles. The van der Waals surface area contributed by atoms with Crippen LogP contribution in [-0.4, -0.2) is 56.5 Å². The van der Waals surface area contributed by atoms with Crippen LogP contribution in [0, 0.1) is 0 Å². The Balaban J connectivity index is 1.80. The summed E-state index contributed by atoms with van der Waals surface area (Å²) < 4.78 is 36.7. The van der Waals surface area contributed by atoms with Crippen LogP contribution in [0.25, 0.3) is 0 Å². The molecular formula is C22H29ClN3O9P. The minimum Gasteiger partial charge on any atom is -0.462 e. The van der Waals surface area contributed by atoms with Crippen molar-refractivity contribution in [3.8, 4) is 5.75 Å². The number of aromatic nitrogens is 2. The highest BCUT2D eigenvalue weighted by atomic mass is 35.5. The van der Waals surface area contributed by atoms with Gasteiger partial charge in [-0.3, -0.25) is 23.7 Å². The molecule has 1 unspecified atom stereocenters. The summed E-state index contributed by atoms with van der Waals surface area (Å²) >= 11 is 6.52. The number of benzene rings is 1. The lowest BCUT2D eigenvalue weighted by molar-refractivity contribution is -0.149. The van der Waals surface area contributed by atoms with E-state index in [1.165, 1.54) is 20.0 Å². The van der Waals surface area contributed by atoms with Gasteiger partial charge in [0.15, 0.2) is 6.23 Å². The minimum atomic E-state index is -4.22. The van der Waals surface area contributed by atoms with E-state index in [4.69, 9.17) is 30.1 Å². The van der Waals surface area contributed by atoms with Crippen molar-refractivity contribution in [1.29, 1.82) is 0 Å².